The van der Waals surface area contributed by atoms with Crippen LogP contribution < -0.4 is 5.32 Å². The molecule has 3 heteroatoms. The molecule has 0 radical (unpaired) electrons. The molecule has 21 heavy (non-hydrogen) atoms. The molecule has 0 aliphatic rings. The van der Waals surface area contributed by atoms with Crippen LogP contribution in [0.25, 0.3) is 0 Å². The topological polar surface area (TPSA) is 42.0 Å². The molecule has 1 atom stereocenters. The van der Waals surface area contributed by atoms with Gasteiger partial charge in [-0.2, -0.15) is 0 Å². The van der Waals surface area contributed by atoms with E-state index in [2.05, 4.69) is 29.4 Å². The van der Waals surface area contributed by atoms with Gasteiger partial charge in [0.15, 0.2) is 0 Å². The second-order valence-corrected chi connectivity index (χ2v) is 5.18. The monoisotopic (exact) mass is 282 g/mol. The van der Waals surface area contributed by atoms with Gasteiger partial charge in [0.2, 0.25) is 5.91 Å². The van der Waals surface area contributed by atoms with Gasteiger partial charge in [-0.25, -0.2) is 0 Å². The molecule has 0 aliphatic heterocycles. The Kier molecular flexibility index (Phi) is 5.95. The molecule has 3 nitrogen and oxygen atoms in total. The van der Waals surface area contributed by atoms with Gasteiger partial charge in [-0.1, -0.05) is 43.3 Å². The summed E-state index contributed by atoms with van der Waals surface area (Å²) < 4.78 is 0. The van der Waals surface area contributed by atoms with E-state index in [0.717, 1.165) is 18.4 Å². The quantitative estimate of drug-likeness (QED) is 0.846. The molecule has 1 aromatic carbocycles. The SMILES string of the molecule is CCC(CNC(=O)CCc1cccnc1)c1ccccc1. The van der Waals surface area contributed by atoms with Gasteiger partial charge in [0.05, 0.1) is 0 Å². The summed E-state index contributed by atoms with van der Waals surface area (Å²) in [6, 6.07) is 14.2. The minimum Gasteiger partial charge on any atom is -0.355 e. The number of aryl methyl sites for hydroxylation is 1. The fraction of sp³-hybridized carbons (Fsp3) is 0.333. The highest BCUT2D eigenvalue weighted by Gasteiger charge is 2.10. The van der Waals surface area contributed by atoms with Crippen LogP contribution >= 0.6 is 0 Å². The molecule has 1 N–H and O–H groups in total. The zero-order chi connectivity index (χ0) is 14.9. The third-order valence-electron chi connectivity index (χ3n) is 3.67. The third kappa shape index (κ3) is 5.03. The van der Waals surface area contributed by atoms with Crippen LogP contribution in [0, 0.1) is 0 Å². The lowest BCUT2D eigenvalue weighted by Gasteiger charge is -2.16. The normalized spacial score (nSPS) is 11.9. The first-order chi connectivity index (χ1) is 10.3. The number of carbonyl (C=O) groups is 1. The van der Waals surface area contributed by atoms with Crippen molar-refractivity contribution in [3.05, 3.63) is 66.0 Å². The zero-order valence-electron chi connectivity index (χ0n) is 12.5. The molecule has 0 aliphatic carbocycles. The molecule has 0 fully saturated rings. The Balaban J connectivity index is 1.77. The number of pyridine rings is 1. The Morgan fingerprint density at radius 2 is 2.00 bits per heavy atom. The minimum atomic E-state index is 0.105. The Bertz CT molecular complexity index is 540. The maximum absolute atomic E-state index is 11.9. The van der Waals surface area contributed by atoms with Crippen molar-refractivity contribution in [1.82, 2.24) is 10.3 Å². The van der Waals surface area contributed by atoms with Crippen LogP contribution in [0.1, 0.15) is 36.8 Å². The molecule has 0 saturated heterocycles. The summed E-state index contributed by atoms with van der Waals surface area (Å²) in [6.07, 6.45) is 5.83. The summed E-state index contributed by atoms with van der Waals surface area (Å²) in [5, 5.41) is 3.04. The van der Waals surface area contributed by atoms with E-state index in [1.807, 2.05) is 36.5 Å². The third-order valence-corrected chi connectivity index (χ3v) is 3.67. The van der Waals surface area contributed by atoms with Crippen molar-refractivity contribution in [3.63, 3.8) is 0 Å². The lowest BCUT2D eigenvalue weighted by Crippen LogP contribution is -2.28. The van der Waals surface area contributed by atoms with Crippen molar-refractivity contribution >= 4 is 5.91 Å². The van der Waals surface area contributed by atoms with Gasteiger partial charge in [-0.3, -0.25) is 9.78 Å². The molecular formula is C18H22N2O. The number of aromatic nitrogens is 1. The highest BCUT2D eigenvalue weighted by atomic mass is 16.1. The van der Waals surface area contributed by atoms with Gasteiger partial charge in [0.1, 0.15) is 0 Å². The first-order valence-corrected chi connectivity index (χ1v) is 7.50. The minimum absolute atomic E-state index is 0.105. The predicted molar refractivity (Wildman–Crippen MR) is 85.0 cm³/mol. The molecule has 2 aromatic rings. The summed E-state index contributed by atoms with van der Waals surface area (Å²) in [7, 11) is 0. The summed E-state index contributed by atoms with van der Waals surface area (Å²) in [5.41, 5.74) is 2.38. The van der Waals surface area contributed by atoms with Gasteiger partial charge >= 0.3 is 0 Å². The highest BCUT2D eigenvalue weighted by molar-refractivity contribution is 5.76. The maximum Gasteiger partial charge on any atom is 0.220 e. The molecule has 1 aromatic heterocycles. The highest BCUT2D eigenvalue weighted by Crippen LogP contribution is 2.17. The number of nitrogens with one attached hydrogen (secondary N) is 1. The van der Waals surface area contributed by atoms with Crippen molar-refractivity contribution in [2.45, 2.75) is 32.1 Å². The standard InChI is InChI=1S/C18H22N2O/c1-2-16(17-8-4-3-5-9-17)14-20-18(21)11-10-15-7-6-12-19-13-15/h3-9,12-13,16H,2,10-11,14H2,1H3,(H,20,21). The fourth-order valence-electron chi connectivity index (χ4n) is 2.35. The van der Waals surface area contributed by atoms with Gasteiger partial charge in [-0.15, -0.1) is 0 Å². The lowest BCUT2D eigenvalue weighted by molar-refractivity contribution is -0.121. The number of carbonyl (C=O) groups excluding carboxylic acids is 1. The van der Waals surface area contributed by atoms with Crippen LogP contribution in [0.2, 0.25) is 0 Å². The summed E-state index contributed by atoms with van der Waals surface area (Å²) in [4.78, 5) is 16.0. The van der Waals surface area contributed by atoms with Crippen LogP contribution in [-0.2, 0) is 11.2 Å². The van der Waals surface area contributed by atoms with Gasteiger partial charge < -0.3 is 5.32 Å². The molecule has 1 unspecified atom stereocenters. The molecular weight excluding hydrogens is 260 g/mol. The fourth-order valence-corrected chi connectivity index (χ4v) is 2.35. The number of hydrogen-bond acceptors (Lipinski definition) is 2. The van der Waals surface area contributed by atoms with Crippen molar-refractivity contribution in [2.24, 2.45) is 0 Å². The van der Waals surface area contributed by atoms with Gasteiger partial charge in [0, 0.05) is 31.3 Å². The van der Waals surface area contributed by atoms with Crippen LogP contribution in [0.3, 0.4) is 0 Å². The molecule has 0 saturated carbocycles. The van der Waals surface area contributed by atoms with E-state index in [1.54, 1.807) is 6.20 Å². The van der Waals surface area contributed by atoms with E-state index in [1.165, 1.54) is 5.56 Å². The first-order valence-electron chi connectivity index (χ1n) is 7.50. The van der Waals surface area contributed by atoms with Crippen LogP contribution in [0.4, 0.5) is 0 Å². The van der Waals surface area contributed by atoms with Crippen molar-refractivity contribution in [3.8, 4) is 0 Å². The number of nitrogens with zero attached hydrogens (tertiary/aromatic N) is 1. The molecule has 1 amide bonds. The predicted octanol–water partition coefficient (Wildman–Crippen LogP) is 3.32. The Hall–Kier alpha value is -2.16. The summed E-state index contributed by atoms with van der Waals surface area (Å²) in [5.74, 6) is 0.488. The number of rotatable bonds is 7. The second-order valence-electron chi connectivity index (χ2n) is 5.18. The van der Waals surface area contributed by atoms with Crippen LogP contribution in [-0.4, -0.2) is 17.4 Å². The van der Waals surface area contributed by atoms with E-state index in [-0.39, 0.29) is 5.91 Å². The lowest BCUT2D eigenvalue weighted by atomic mass is 9.96. The maximum atomic E-state index is 11.9. The molecule has 1 heterocycles. The van der Waals surface area contributed by atoms with Crippen molar-refractivity contribution in [1.29, 1.82) is 0 Å². The average molecular weight is 282 g/mol. The zero-order valence-corrected chi connectivity index (χ0v) is 12.5. The van der Waals surface area contributed by atoms with E-state index in [0.29, 0.717) is 18.9 Å². The van der Waals surface area contributed by atoms with Gasteiger partial charge in [0.25, 0.3) is 0 Å². The smallest absolute Gasteiger partial charge is 0.220 e. The van der Waals surface area contributed by atoms with E-state index >= 15 is 0 Å². The Morgan fingerprint density at radius 1 is 1.19 bits per heavy atom. The molecule has 0 spiro atoms. The van der Waals surface area contributed by atoms with E-state index < -0.39 is 0 Å². The Morgan fingerprint density at radius 3 is 2.67 bits per heavy atom. The molecule has 0 bridgehead atoms. The summed E-state index contributed by atoms with van der Waals surface area (Å²) >= 11 is 0. The van der Waals surface area contributed by atoms with Crippen LogP contribution in [0.15, 0.2) is 54.9 Å². The van der Waals surface area contributed by atoms with Crippen LogP contribution in [0.5, 0.6) is 0 Å². The number of benzene rings is 1. The summed E-state index contributed by atoms with van der Waals surface area (Å²) in [6.45, 7) is 2.85. The van der Waals surface area contributed by atoms with E-state index in [9.17, 15) is 4.79 Å². The molecule has 2 rings (SSSR count). The number of hydrogen-bond donors (Lipinski definition) is 1. The first kappa shape index (κ1) is 15.2. The van der Waals surface area contributed by atoms with Crippen molar-refractivity contribution in [2.75, 3.05) is 6.54 Å². The van der Waals surface area contributed by atoms with Gasteiger partial charge in [-0.05, 0) is 30.0 Å². The number of amides is 1. The Labute approximate surface area is 126 Å². The van der Waals surface area contributed by atoms with Crippen molar-refractivity contribution < 1.29 is 4.79 Å². The molecule has 110 valence electrons. The average Bonchev–Trinajstić information content (AvgIpc) is 2.55. The largest absolute Gasteiger partial charge is 0.355 e. The van der Waals surface area contributed by atoms with E-state index in [4.69, 9.17) is 0 Å². The second kappa shape index (κ2) is 8.20.